The van der Waals surface area contributed by atoms with Gasteiger partial charge in [0.05, 0.1) is 25.0 Å². The van der Waals surface area contributed by atoms with E-state index in [1.807, 2.05) is 0 Å². The first kappa shape index (κ1) is 23.6. The zero-order chi connectivity index (χ0) is 24.3. The van der Waals surface area contributed by atoms with E-state index in [-0.39, 0.29) is 29.9 Å². The van der Waals surface area contributed by atoms with E-state index >= 15 is 0 Å². The topological polar surface area (TPSA) is 124 Å². The number of ether oxygens (including phenoxy) is 2. The van der Waals surface area contributed by atoms with Gasteiger partial charge in [0.15, 0.2) is 0 Å². The van der Waals surface area contributed by atoms with Gasteiger partial charge in [-0.3, -0.25) is 10.1 Å². The average Bonchev–Trinajstić information content (AvgIpc) is 3.32. The van der Waals surface area contributed by atoms with Crippen molar-refractivity contribution in [3.8, 4) is 23.0 Å². The Kier molecular flexibility index (Phi) is 6.80. The Hall–Kier alpha value is -3.51. The Morgan fingerprint density at radius 2 is 1.79 bits per heavy atom. The van der Waals surface area contributed by atoms with Gasteiger partial charge in [0.2, 0.25) is 21.8 Å². The number of hydrogen-bond donors (Lipinski definition) is 1. The summed E-state index contributed by atoms with van der Waals surface area (Å²) < 4.78 is 56.3. The average molecular weight is 491 g/mol. The number of methoxy groups -OCH3 is 2. The van der Waals surface area contributed by atoms with Gasteiger partial charge in [0, 0.05) is 24.7 Å². The number of carbonyl (C=O) groups is 1. The van der Waals surface area contributed by atoms with Crippen LogP contribution in [0.3, 0.4) is 0 Å². The zero-order valence-electron chi connectivity index (χ0n) is 18.5. The third kappa shape index (κ3) is 5.02. The van der Waals surface area contributed by atoms with E-state index in [0.717, 1.165) is 12.1 Å². The molecule has 1 fully saturated rings. The summed E-state index contributed by atoms with van der Waals surface area (Å²) in [6.45, 7) is 0.255. The van der Waals surface area contributed by atoms with Gasteiger partial charge in [-0.2, -0.15) is 4.31 Å². The van der Waals surface area contributed by atoms with Crippen LogP contribution in [0.2, 0.25) is 0 Å². The highest BCUT2D eigenvalue weighted by Crippen LogP contribution is 2.30. The number of benzene rings is 2. The lowest BCUT2D eigenvalue weighted by Crippen LogP contribution is -2.43. The third-order valence-corrected chi connectivity index (χ3v) is 7.34. The van der Waals surface area contributed by atoms with Crippen LogP contribution in [0.4, 0.5) is 10.4 Å². The predicted octanol–water partition coefficient (Wildman–Crippen LogP) is 2.93. The molecule has 1 atom stereocenters. The molecule has 0 bridgehead atoms. The number of sulfonamides is 1. The Balaban J connectivity index is 1.45. The molecule has 0 radical (unpaired) electrons. The highest BCUT2D eigenvalue weighted by atomic mass is 32.2. The number of carbonyl (C=O) groups excluding carboxylic acids is 1. The fourth-order valence-electron chi connectivity index (χ4n) is 3.66. The largest absolute Gasteiger partial charge is 0.497 e. The molecule has 0 unspecified atom stereocenters. The molecule has 2 aromatic carbocycles. The number of amides is 1. The van der Waals surface area contributed by atoms with Crippen LogP contribution in [0.1, 0.15) is 12.8 Å². The summed E-state index contributed by atoms with van der Waals surface area (Å²) in [6, 6.07) is 9.54. The molecule has 2 heterocycles. The third-order valence-electron chi connectivity index (χ3n) is 5.46. The van der Waals surface area contributed by atoms with Gasteiger partial charge >= 0.3 is 6.01 Å². The summed E-state index contributed by atoms with van der Waals surface area (Å²) in [6.07, 6.45) is 0.993. The fraction of sp³-hybridized carbons (Fsp3) is 0.318. The van der Waals surface area contributed by atoms with Crippen molar-refractivity contribution in [1.82, 2.24) is 14.5 Å². The second-order valence-corrected chi connectivity index (χ2v) is 9.60. The van der Waals surface area contributed by atoms with E-state index in [1.54, 1.807) is 18.2 Å². The van der Waals surface area contributed by atoms with Crippen molar-refractivity contribution in [1.29, 1.82) is 0 Å². The van der Waals surface area contributed by atoms with Crippen LogP contribution in [0.5, 0.6) is 11.5 Å². The first-order chi connectivity index (χ1) is 16.3. The van der Waals surface area contributed by atoms with E-state index in [4.69, 9.17) is 13.9 Å². The van der Waals surface area contributed by atoms with Gasteiger partial charge in [-0.05, 0) is 49.2 Å². The molecule has 0 aliphatic carbocycles. The maximum atomic E-state index is 13.2. The molecule has 12 heteroatoms. The van der Waals surface area contributed by atoms with E-state index in [1.165, 1.54) is 30.7 Å². The van der Waals surface area contributed by atoms with E-state index in [2.05, 4.69) is 15.5 Å². The number of nitrogens with zero attached hydrogens (tertiary/aromatic N) is 3. The minimum absolute atomic E-state index is 0.0143. The highest BCUT2D eigenvalue weighted by molar-refractivity contribution is 7.89. The molecule has 34 heavy (non-hydrogen) atoms. The molecular weight excluding hydrogens is 467 g/mol. The number of aromatic nitrogens is 2. The van der Waals surface area contributed by atoms with Gasteiger partial charge in [-0.25, -0.2) is 12.8 Å². The maximum absolute atomic E-state index is 13.2. The Morgan fingerprint density at radius 1 is 1.12 bits per heavy atom. The van der Waals surface area contributed by atoms with Crippen molar-refractivity contribution < 1.29 is 31.5 Å². The monoisotopic (exact) mass is 490 g/mol. The molecule has 4 rings (SSSR count). The fourth-order valence-corrected chi connectivity index (χ4v) is 5.18. The van der Waals surface area contributed by atoms with Crippen LogP contribution >= 0.6 is 0 Å². The Bertz CT molecular complexity index is 1260. The summed E-state index contributed by atoms with van der Waals surface area (Å²) in [5.41, 5.74) is 0.540. The molecule has 0 saturated carbocycles. The van der Waals surface area contributed by atoms with Crippen LogP contribution < -0.4 is 14.8 Å². The summed E-state index contributed by atoms with van der Waals surface area (Å²) in [7, 11) is -0.820. The molecule has 1 N–H and O–H groups in total. The number of rotatable bonds is 7. The normalized spacial score (nSPS) is 16.7. The lowest BCUT2D eigenvalue weighted by atomic mass is 9.99. The highest BCUT2D eigenvalue weighted by Gasteiger charge is 2.34. The number of hydrogen-bond acceptors (Lipinski definition) is 8. The molecular formula is C22H23FN4O6S. The Labute approximate surface area is 195 Å². The van der Waals surface area contributed by atoms with Crippen LogP contribution in [0.25, 0.3) is 11.5 Å². The van der Waals surface area contributed by atoms with Crippen molar-refractivity contribution in [2.75, 3.05) is 32.6 Å². The van der Waals surface area contributed by atoms with Crippen LogP contribution in [0.15, 0.2) is 51.8 Å². The first-order valence-corrected chi connectivity index (χ1v) is 11.9. The number of anilines is 1. The van der Waals surface area contributed by atoms with E-state index in [0.29, 0.717) is 29.9 Å². The number of nitrogens with one attached hydrogen (secondary N) is 1. The molecule has 1 saturated heterocycles. The molecule has 10 nitrogen and oxygen atoms in total. The molecule has 1 aliphatic heterocycles. The van der Waals surface area contributed by atoms with Gasteiger partial charge in [-0.15, -0.1) is 5.10 Å². The van der Waals surface area contributed by atoms with Crippen LogP contribution in [-0.4, -0.2) is 56.1 Å². The minimum atomic E-state index is -3.85. The van der Waals surface area contributed by atoms with Gasteiger partial charge in [0.1, 0.15) is 17.3 Å². The van der Waals surface area contributed by atoms with Crippen molar-refractivity contribution in [3.05, 3.63) is 48.3 Å². The second kappa shape index (κ2) is 9.77. The lowest BCUT2D eigenvalue weighted by molar-refractivity contribution is -0.121. The smallest absolute Gasteiger partial charge is 0.322 e. The van der Waals surface area contributed by atoms with Crippen molar-refractivity contribution in [2.24, 2.45) is 5.92 Å². The van der Waals surface area contributed by atoms with Crippen LogP contribution in [0, 0.1) is 11.7 Å². The second-order valence-electron chi connectivity index (χ2n) is 7.66. The Morgan fingerprint density at radius 3 is 2.44 bits per heavy atom. The molecule has 180 valence electrons. The predicted molar refractivity (Wildman–Crippen MR) is 119 cm³/mol. The SMILES string of the molecule is COc1cc(OC)cc(-c2nnc(NC(=O)[C@H]3CCCN(S(=O)(=O)c4ccc(F)cc4)C3)o2)c1. The maximum Gasteiger partial charge on any atom is 0.322 e. The number of piperidine rings is 1. The molecule has 3 aromatic rings. The molecule has 1 aliphatic rings. The van der Waals surface area contributed by atoms with Gasteiger partial charge in [-0.1, -0.05) is 5.10 Å². The van der Waals surface area contributed by atoms with Crippen molar-refractivity contribution in [3.63, 3.8) is 0 Å². The first-order valence-electron chi connectivity index (χ1n) is 10.4. The summed E-state index contributed by atoms with van der Waals surface area (Å²) >= 11 is 0. The van der Waals surface area contributed by atoms with Gasteiger partial charge < -0.3 is 13.9 Å². The molecule has 1 aromatic heterocycles. The van der Waals surface area contributed by atoms with Crippen molar-refractivity contribution >= 4 is 21.9 Å². The van der Waals surface area contributed by atoms with Gasteiger partial charge in [0.25, 0.3) is 0 Å². The summed E-state index contributed by atoms with van der Waals surface area (Å²) in [5, 5.41) is 10.4. The lowest BCUT2D eigenvalue weighted by Gasteiger charge is -2.30. The zero-order valence-corrected chi connectivity index (χ0v) is 19.3. The van der Waals surface area contributed by atoms with E-state index in [9.17, 15) is 17.6 Å². The summed E-state index contributed by atoms with van der Waals surface area (Å²) in [4.78, 5) is 12.8. The van der Waals surface area contributed by atoms with E-state index < -0.39 is 27.7 Å². The molecule has 0 spiro atoms. The number of halogens is 1. The minimum Gasteiger partial charge on any atom is -0.497 e. The molecule has 1 amide bonds. The van der Waals surface area contributed by atoms with Crippen LogP contribution in [-0.2, 0) is 14.8 Å². The quantitative estimate of drug-likeness (QED) is 0.536. The standard InChI is InChI=1S/C22H23FN4O6S/c1-31-17-10-15(11-18(12-17)32-2)21-25-26-22(33-21)24-20(28)14-4-3-9-27(13-14)34(29,30)19-7-5-16(23)6-8-19/h5-8,10-12,14H,3-4,9,13H2,1-2H3,(H,24,26,28)/t14-/m0/s1. The van der Waals surface area contributed by atoms with Crippen molar-refractivity contribution in [2.45, 2.75) is 17.7 Å². The summed E-state index contributed by atoms with van der Waals surface area (Å²) in [5.74, 6) is -0.364.